The van der Waals surface area contributed by atoms with E-state index in [0.717, 1.165) is 24.3 Å². The van der Waals surface area contributed by atoms with Crippen molar-refractivity contribution in [3.8, 4) is 16.9 Å². The number of aliphatic imine (C=N–C) groups is 1. The minimum atomic E-state index is -5.03. The maximum Gasteiger partial charge on any atom is 0.573 e. The number of rotatable bonds is 3. The molecule has 0 saturated carbocycles. The fourth-order valence-corrected chi connectivity index (χ4v) is 4.07. The van der Waals surface area contributed by atoms with Crippen LogP contribution in [0.25, 0.3) is 11.1 Å². The van der Waals surface area contributed by atoms with Gasteiger partial charge >= 0.3 is 12.5 Å². The van der Waals surface area contributed by atoms with Gasteiger partial charge in [0.15, 0.2) is 0 Å². The molecule has 3 rings (SSSR count). The second kappa shape index (κ2) is 6.84. The van der Waals surface area contributed by atoms with Gasteiger partial charge in [0.1, 0.15) is 10.9 Å². The van der Waals surface area contributed by atoms with Crippen molar-refractivity contribution < 1.29 is 31.1 Å². The first-order chi connectivity index (χ1) is 12.6. The molecule has 27 heavy (non-hydrogen) atoms. The summed E-state index contributed by atoms with van der Waals surface area (Å²) < 4.78 is 82.6. The number of hydrogen-bond donors (Lipinski definition) is 2. The minimum Gasteiger partial charge on any atom is -0.405 e. The van der Waals surface area contributed by atoms with Gasteiger partial charge in [-0.3, -0.25) is 0 Å². The van der Waals surface area contributed by atoms with E-state index < -0.39 is 40.3 Å². The molecule has 2 aromatic carbocycles. The Labute approximate surface area is 152 Å². The average Bonchev–Trinajstić information content (AvgIpc) is 2.99. The van der Waals surface area contributed by atoms with Crippen LogP contribution >= 0.6 is 10.9 Å². The van der Waals surface area contributed by atoms with E-state index in [1.807, 2.05) is 0 Å². The van der Waals surface area contributed by atoms with Gasteiger partial charge < -0.3 is 10.5 Å². The summed E-state index contributed by atoms with van der Waals surface area (Å²) in [7, 11) is -1.34. The van der Waals surface area contributed by atoms with Crippen LogP contribution in [0.4, 0.5) is 26.3 Å². The highest BCUT2D eigenvalue weighted by molar-refractivity contribution is 8.32. The molecule has 2 N–H and O–H groups in total. The lowest BCUT2D eigenvalue weighted by molar-refractivity contribution is -0.274. The van der Waals surface area contributed by atoms with E-state index in [9.17, 15) is 26.3 Å². The Kier molecular flexibility index (Phi) is 4.85. The van der Waals surface area contributed by atoms with E-state index >= 15 is 0 Å². The first kappa shape index (κ1) is 19.2. The van der Waals surface area contributed by atoms with Crippen LogP contribution in [-0.2, 0) is 6.18 Å². The molecule has 1 aliphatic rings. The van der Waals surface area contributed by atoms with Crippen LogP contribution in [-0.4, -0.2) is 11.5 Å². The van der Waals surface area contributed by atoms with E-state index in [4.69, 9.17) is 5.73 Å². The Morgan fingerprint density at radius 3 is 2.22 bits per heavy atom. The summed E-state index contributed by atoms with van der Waals surface area (Å²) in [5.41, 5.74) is 3.90. The van der Waals surface area contributed by atoms with Crippen LogP contribution in [0.5, 0.6) is 5.75 Å². The maximum atomic E-state index is 13.6. The Morgan fingerprint density at radius 2 is 1.63 bits per heavy atom. The Balaban J connectivity index is 2.14. The quantitative estimate of drug-likeness (QED) is 0.528. The largest absolute Gasteiger partial charge is 0.573 e. The van der Waals surface area contributed by atoms with Gasteiger partial charge in [0, 0.05) is 11.8 Å². The Bertz CT molecular complexity index is 920. The van der Waals surface area contributed by atoms with Crippen molar-refractivity contribution in [1.29, 1.82) is 0 Å². The number of ether oxygens (including phenoxy) is 1. The predicted octanol–water partition coefficient (Wildman–Crippen LogP) is 5.43. The second-order valence-electron chi connectivity index (χ2n) is 5.43. The van der Waals surface area contributed by atoms with Crippen molar-refractivity contribution in [3.63, 3.8) is 0 Å². The number of thiol groups is 1. The molecule has 1 atom stereocenters. The molecule has 144 valence electrons. The van der Waals surface area contributed by atoms with Crippen LogP contribution in [0.2, 0.25) is 0 Å². The summed E-state index contributed by atoms with van der Waals surface area (Å²) in [5.74, 6) is -0.712. The molecule has 0 saturated heterocycles. The van der Waals surface area contributed by atoms with Gasteiger partial charge in [-0.15, -0.1) is 24.1 Å². The monoisotopic (exact) mass is 406 g/mol. The van der Waals surface area contributed by atoms with Crippen molar-refractivity contribution in [2.75, 3.05) is 0 Å². The molecule has 1 unspecified atom stereocenters. The highest BCUT2D eigenvalue weighted by atomic mass is 32.2. The molecular weight excluding hydrogens is 394 g/mol. The van der Waals surface area contributed by atoms with Crippen molar-refractivity contribution in [2.45, 2.75) is 17.4 Å². The summed E-state index contributed by atoms with van der Waals surface area (Å²) in [4.78, 5) is 4.13. The van der Waals surface area contributed by atoms with Gasteiger partial charge in [-0.25, -0.2) is 4.99 Å². The molecule has 0 spiro atoms. The number of halogens is 6. The minimum absolute atomic E-state index is 0.201. The summed E-state index contributed by atoms with van der Waals surface area (Å²) in [5, 5.41) is 1.80. The molecule has 1 aliphatic heterocycles. The smallest absolute Gasteiger partial charge is 0.405 e. The zero-order valence-corrected chi connectivity index (χ0v) is 14.2. The van der Waals surface area contributed by atoms with Gasteiger partial charge in [0.25, 0.3) is 0 Å². The molecule has 3 nitrogen and oxygen atoms in total. The highest BCUT2D eigenvalue weighted by Gasteiger charge is 2.37. The van der Waals surface area contributed by atoms with Gasteiger partial charge in [-0.2, -0.15) is 13.2 Å². The number of para-hydroxylation sites is 1. The number of hydrogen-bond acceptors (Lipinski definition) is 3. The lowest BCUT2D eigenvalue weighted by Gasteiger charge is -2.20. The molecule has 0 radical (unpaired) electrons. The number of alkyl halides is 6. The van der Waals surface area contributed by atoms with Crippen LogP contribution in [0.1, 0.15) is 5.56 Å². The standard InChI is InChI=1S/C17H12F6N2OS/c18-16(19,20)13-9-10(27-8-7-25-15(27)24)5-6-11(13)12-3-1-2-4-14(12)26-17(21,22)23/h1-9,27H,(H2,24,25). The number of nitrogens with two attached hydrogens (primary N) is 1. The highest BCUT2D eigenvalue weighted by Crippen LogP contribution is 2.47. The third-order valence-corrected chi connectivity index (χ3v) is 5.53. The molecule has 2 aromatic rings. The summed E-state index contributed by atoms with van der Waals surface area (Å²) in [6.07, 6.45) is -8.41. The van der Waals surface area contributed by atoms with Crippen LogP contribution < -0.4 is 10.5 Å². The van der Waals surface area contributed by atoms with Gasteiger partial charge in [0.2, 0.25) is 0 Å². The zero-order chi connectivity index (χ0) is 19.8. The average molecular weight is 406 g/mol. The normalized spacial score (nSPS) is 18.4. The summed E-state index contributed by atoms with van der Waals surface area (Å²) >= 11 is 0. The SMILES string of the molecule is NC1=NC=C[SH]1c1ccc(-c2ccccc2OC(F)(F)F)c(C(F)(F)F)c1. The Hall–Kier alpha value is -2.62. The van der Waals surface area contributed by atoms with E-state index in [1.54, 1.807) is 5.41 Å². The fraction of sp³-hybridized carbons (Fsp3) is 0.118. The van der Waals surface area contributed by atoms with Gasteiger partial charge in [-0.05, 0) is 34.1 Å². The molecule has 1 heterocycles. The first-order valence-electron chi connectivity index (χ1n) is 7.42. The molecular formula is C17H12F6N2OS. The molecule has 10 heteroatoms. The third kappa shape index (κ3) is 4.21. The molecule has 0 amide bonds. The topological polar surface area (TPSA) is 47.6 Å². The zero-order valence-electron chi connectivity index (χ0n) is 13.3. The van der Waals surface area contributed by atoms with E-state index in [2.05, 4.69) is 9.73 Å². The number of benzene rings is 2. The second-order valence-corrected chi connectivity index (χ2v) is 7.44. The molecule has 0 bridgehead atoms. The van der Waals surface area contributed by atoms with E-state index in [1.165, 1.54) is 24.4 Å². The lowest BCUT2D eigenvalue weighted by Crippen LogP contribution is -2.18. The van der Waals surface area contributed by atoms with Crippen molar-refractivity contribution in [2.24, 2.45) is 10.7 Å². The molecule has 0 fully saturated rings. The van der Waals surface area contributed by atoms with E-state index in [-0.39, 0.29) is 10.7 Å². The first-order valence-corrected chi connectivity index (χ1v) is 8.83. The van der Waals surface area contributed by atoms with E-state index in [0.29, 0.717) is 4.90 Å². The van der Waals surface area contributed by atoms with Crippen LogP contribution in [0, 0.1) is 0 Å². The number of amidine groups is 1. The van der Waals surface area contributed by atoms with Crippen molar-refractivity contribution >= 4 is 16.1 Å². The predicted molar refractivity (Wildman–Crippen MR) is 91.6 cm³/mol. The molecule has 0 aliphatic carbocycles. The summed E-state index contributed by atoms with van der Waals surface area (Å²) in [6.45, 7) is 0. The summed E-state index contributed by atoms with van der Waals surface area (Å²) in [6, 6.07) is 8.10. The lowest BCUT2D eigenvalue weighted by atomic mass is 9.98. The van der Waals surface area contributed by atoms with Crippen molar-refractivity contribution in [1.82, 2.24) is 0 Å². The fourth-order valence-electron chi connectivity index (χ4n) is 2.59. The maximum absolute atomic E-state index is 13.6. The third-order valence-electron chi connectivity index (χ3n) is 3.66. The van der Waals surface area contributed by atoms with Crippen LogP contribution in [0.3, 0.4) is 0 Å². The van der Waals surface area contributed by atoms with Gasteiger partial charge in [0.05, 0.1) is 5.56 Å². The van der Waals surface area contributed by atoms with Crippen molar-refractivity contribution in [3.05, 3.63) is 59.6 Å². The van der Waals surface area contributed by atoms with Gasteiger partial charge in [-0.1, -0.05) is 24.3 Å². The van der Waals surface area contributed by atoms with Crippen LogP contribution in [0.15, 0.2) is 64.0 Å². The molecule has 0 aromatic heterocycles. The Morgan fingerprint density at radius 1 is 0.926 bits per heavy atom. The number of nitrogens with zero attached hydrogens (tertiary/aromatic N) is 1.